The molecule has 0 radical (unpaired) electrons. The van der Waals surface area contributed by atoms with Crippen LogP contribution >= 0.6 is 0 Å². The minimum absolute atomic E-state index is 0.847. The molecule has 3 heterocycles. The van der Waals surface area contributed by atoms with Gasteiger partial charge in [0.05, 0.1) is 12.0 Å². The van der Waals surface area contributed by atoms with E-state index in [0.717, 1.165) is 25.4 Å². The third-order valence-electron chi connectivity index (χ3n) is 4.16. The molecule has 2 aliphatic rings. The number of rotatable bonds is 2. The Hall–Kier alpha value is -0.870. The van der Waals surface area contributed by atoms with E-state index in [9.17, 15) is 0 Å². The predicted molar refractivity (Wildman–Crippen MR) is 67.9 cm³/mol. The van der Waals surface area contributed by atoms with Gasteiger partial charge in [-0.1, -0.05) is 0 Å². The zero-order chi connectivity index (χ0) is 11.7. The van der Waals surface area contributed by atoms with Gasteiger partial charge >= 0.3 is 0 Å². The van der Waals surface area contributed by atoms with Crippen molar-refractivity contribution >= 4 is 0 Å². The molecule has 0 unspecified atom stereocenters. The number of piperidine rings is 1. The Morgan fingerprint density at radius 3 is 3.06 bits per heavy atom. The molecular weight excluding hydrogens is 212 g/mol. The maximum absolute atomic E-state index is 4.53. The molecule has 1 aromatic rings. The molecule has 1 aromatic heterocycles. The van der Waals surface area contributed by atoms with Crippen molar-refractivity contribution in [1.29, 1.82) is 0 Å². The first-order valence-corrected chi connectivity index (χ1v) is 6.75. The van der Waals surface area contributed by atoms with E-state index >= 15 is 0 Å². The van der Waals surface area contributed by atoms with E-state index in [1.807, 2.05) is 0 Å². The molecule has 2 aliphatic heterocycles. The van der Waals surface area contributed by atoms with Gasteiger partial charge in [0.2, 0.25) is 0 Å². The Kier molecular flexibility index (Phi) is 3.16. The van der Waals surface area contributed by atoms with E-state index in [1.165, 1.54) is 43.9 Å². The largest absolute Gasteiger partial charge is 0.334 e. The molecule has 0 spiro atoms. The number of aromatic nitrogens is 2. The van der Waals surface area contributed by atoms with E-state index in [-0.39, 0.29) is 0 Å². The van der Waals surface area contributed by atoms with Crippen LogP contribution in [-0.2, 0) is 19.5 Å². The van der Waals surface area contributed by atoms with Crippen molar-refractivity contribution < 1.29 is 0 Å². The summed E-state index contributed by atoms with van der Waals surface area (Å²) in [7, 11) is 2.22. The molecule has 4 nitrogen and oxygen atoms in total. The van der Waals surface area contributed by atoms with Crippen LogP contribution < -0.4 is 5.32 Å². The lowest BCUT2D eigenvalue weighted by atomic mass is 9.97. The van der Waals surface area contributed by atoms with Gasteiger partial charge < -0.3 is 14.8 Å². The first-order valence-electron chi connectivity index (χ1n) is 6.75. The quantitative estimate of drug-likeness (QED) is 0.824. The summed E-state index contributed by atoms with van der Waals surface area (Å²) in [6.07, 6.45) is 5.86. The van der Waals surface area contributed by atoms with Gasteiger partial charge in [0.15, 0.2) is 0 Å². The van der Waals surface area contributed by atoms with Gasteiger partial charge in [-0.05, 0) is 38.9 Å². The van der Waals surface area contributed by atoms with Crippen molar-refractivity contribution in [3.8, 4) is 0 Å². The van der Waals surface area contributed by atoms with Gasteiger partial charge in [0, 0.05) is 31.7 Å². The number of imidazole rings is 1. The van der Waals surface area contributed by atoms with Crippen LogP contribution in [0.1, 0.15) is 24.2 Å². The van der Waals surface area contributed by atoms with E-state index < -0.39 is 0 Å². The fourth-order valence-electron chi connectivity index (χ4n) is 2.98. The van der Waals surface area contributed by atoms with Gasteiger partial charge in [-0.25, -0.2) is 4.98 Å². The molecule has 0 saturated carbocycles. The molecule has 0 aromatic carbocycles. The minimum atomic E-state index is 0.847. The highest BCUT2D eigenvalue weighted by atomic mass is 15.1. The van der Waals surface area contributed by atoms with Crippen LogP contribution in [0.4, 0.5) is 0 Å². The topological polar surface area (TPSA) is 33.1 Å². The van der Waals surface area contributed by atoms with Gasteiger partial charge in [0.25, 0.3) is 0 Å². The lowest BCUT2D eigenvalue weighted by Crippen LogP contribution is -2.32. The van der Waals surface area contributed by atoms with E-state index in [2.05, 4.69) is 33.1 Å². The summed E-state index contributed by atoms with van der Waals surface area (Å²) in [5.41, 5.74) is 2.74. The van der Waals surface area contributed by atoms with Crippen molar-refractivity contribution in [2.75, 3.05) is 26.7 Å². The van der Waals surface area contributed by atoms with Gasteiger partial charge in [-0.3, -0.25) is 0 Å². The maximum Gasteiger partial charge on any atom is 0.0952 e. The SMILES string of the molecule is CN1CCC(Cn2cnc3c2CCNC3)CC1. The average Bonchev–Trinajstić information content (AvgIpc) is 2.76. The summed E-state index contributed by atoms with van der Waals surface area (Å²) in [6.45, 7) is 5.74. The van der Waals surface area contributed by atoms with Crippen molar-refractivity contribution in [1.82, 2.24) is 19.8 Å². The fourth-order valence-corrected chi connectivity index (χ4v) is 2.98. The summed E-state index contributed by atoms with van der Waals surface area (Å²) < 4.78 is 2.41. The molecule has 0 bridgehead atoms. The average molecular weight is 234 g/mol. The van der Waals surface area contributed by atoms with Crippen LogP contribution in [-0.4, -0.2) is 41.1 Å². The molecule has 1 N–H and O–H groups in total. The standard InChI is InChI=1S/C13H22N4/c1-16-6-3-11(4-7-16)9-17-10-15-12-8-14-5-2-13(12)17/h10-11,14H,2-9H2,1H3. The molecule has 4 heteroatoms. The van der Waals surface area contributed by atoms with Crippen LogP contribution in [0.5, 0.6) is 0 Å². The highest BCUT2D eigenvalue weighted by molar-refractivity contribution is 5.16. The third-order valence-corrected chi connectivity index (χ3v) is 4.16. The number of fused-ring (bicyclic) bond motifs is 1. The second-order valence-corrected chi connectivity index (χ2v) is 5.46. The summed E-state index contributed by atoms with van der Waals surface area (Å²) in [6, 6.07) is 0. The number of likely N-dealkylation sites (tertiary alicyclic amines) is 1. The highest BCUT2D eigenvalue weighted by Gasteiger charge is 2.20. The lowest BCUT2D eigenvalue weighted by Gasteiger charge is -2.29. The van der Waals surface area contributed by atoms with Crippen molar-refractivity contribution in [3.05, 3.63) is 17.7 Å². The number of hydrogen-bond acceptors (Lipinski definition) is 3. The third kappa shape index (κ3) is 2.38. The van der Waals surface area contributed by atoms with E-state index in [1.54, 1.807) is 0 Å². The molecule has 17 heavy (non-hydrogen) atoms. The Labute approximate surface area is 103 Å². The second-order valence-electron chi connectivity index (χ2n) is 5.46. The Morgan fingerprint density at radius 1 is 1.41 bits per heavy atom. The van der Waals surface area contributed by atoms with Gasteiger partial charge in [-0.15, -0.1) is 0 Å². The van der Waals surface area contributed by atoms with Gasteiger partial charge in [-0.2, -0.15) is 0 Å². The lowest BCUT2D eigenvalue weighted by molar-refractivity contribution is 0.204. The molecular formula is C13H22N4. The predicted octanol–water partition coefficient (Wildman–Crippen LogP) is 0.871. The molecule has 0 atom stereocenters. The van der Waals surface area contributed by atoms with Crippen molar-refractivity contribution in [3.63, 3.8) is 0 Å². The van der Waals surface area contributed by atoms with Crippen LogP contribution in [0.25, 0.3) is 0 Å². The monoisotopic (exact) mass is 234 g/mol. The first-order chi connectivity index (χ1) is 8.33. The zero-order valence-corrected chi connectivity index (χ0v) is 10.7. The minimum Gasteiger partial charge on any atom is -0.334 e. The molecule has 3 rings (SSSR count). The van der Waals surface area contributed by atoms with Crippen LogP contribution in [0.2, 0.25) is 0 Å². The normalized spacial score (nSPS) is 22.6. The fraction of sp³-hybridized carbons (Fsp3) is 0.769. The number of hydrogen-bond donors (Lipinski definition) is 1. The molecule has 94 valence electrons. The van der Waals surface area contributed by atoms with Crippen molar-refractivity contribution in [2.24, 2.45) is 5.92 Å². The van der Waals surface area contributed by atoms with Crippen LogP contribution in [0.15, 0.2) is 6.33 Å². The zero-order valence-electron chi connectivity index (χ0n) is 10.7. The maximum atomic E-state index is 4.53. The summed E-state index contributed by atoms with van der Waals surface area (Å²) in [5, 5.41) is 3.38. The highest BCUT2D eigenvalue weighted by Crippen LogP contribution is 2.20. The van der Waals surface area contributed by atoms with E-state index in [4.69, 9.17) is 0 Å². The second kappa shape index (κ2) is 4.78. The Morgan fingerprint density at radius 2 is 2.24 bits per heavy atom. The first kappa shape index (κ1) is 11.2. The van der Waals surface area contributed by atoms with E-state index in [0.29, 0.717) is 0 Å². The number of nitrogens with zero attached hydrogens (tertiary/aromatic N) is 3. The molecule has 1 fully saturated rings. The Balaban J connectivity index is 1.66. The molecule has 1 saturated heterocycles. The smallest absolute Gasteiger partial charge is 0.0952 e. The van der Waals surface area contributed by atoms with Crippen LogP contribution in [0.3, 0.4) is 0 Å². The summed E-state index contributed by atoms with van der Waals surface area (Å²) >= 11 is 0. The summed E-state index contributed by atoms with van der Waals surface area (Å²) in [5.74, 6) is 0.847. The summed E-state index contributed by atoms with van der Waals surface area (Å²) in [4.78, 5) is 6.96. The van der Waals surface area contributed by atoms with Gasteiger partial charge in [0.1, 0.15) is 0 Å². The molecule has 0 amide bonds. The van der Waals surface area contributed by atoms with Crippen molar-refractivity contribution in [2.45, 2.75) is 32.4 Å². The Bertz CT molecular complexity index is 377. The number of nitrogens with one attached hydrogen (secondary N) is 1. The van der Waals surface area contributed by atoms with Crippen LogP contribution in [0, 0.1) is 5.92 Å². The molecule has 0 aliphatic carbocycles.